The Kier molecular flexibility index (Phi) is 7.49. The lowest BCUT2D eigenvalue weighted by molar-refractivity contribution is 0.0937. The smallest absolute Gasteiger partial charge is 0.252 e. The average Bonchev–Trinajstić information content (AvgIpc) is 2.46. The van der Waals surface area contributed by atoms with Crippen LogP contribution in [-0.4, -0.2) is 18.5 Å². The van der Waals surface area contributed by atoms with Crippen LogP contribution < -0.4 is 11.1 Å². The molecule has 0 spiro atoms. The van der Waals surface area contributed by atoms with E-state index in [0.717, 1.165) is 25.7 Å². The number of rotatable bonds is 6. The Labute approximate surface area is 126 Å². The van der Waals surface area contributed by atoms with Crippen molar-refractivity contribution in [1.82, 2.24) is 5.32 Å². The highest BCUT2D eigenvalue weighted by atomic mass is 19.1. The highest BCUT2D eigenvalue weighted by molar-refractivity contribution is 5.96. The Morgan fingerprint density at radius 2 is 2.19 bits per heavy atom. The number of carbonyl (C=O) groups is 1. The second kappa shape index (κ2) is 9.15. The van der Waals surface area contributed by atoms with E-state index in [-0.39, 0.29) is 24.1 Å². The zero-order valence-electron chi connectivity index (χ0n) is 12.7. The van der Waals surface area contributed by atoms with Gasteiger partial charge in [0.05, 0.1) is 12.1 Å². The molecule has 0 aliphatic heterocycles. The predicted octanol–water partition coefficient (Wildman–Crippen LogP) is 2.83. The van der Waals surface area contributed by atoms with Gasteiger partial charge in [0.15, 0.2) is 0 Å². The number of benzene rings is 1. The summed E-state index contributed by atoms with van der Waals surface area (Å²) in [6.07, 6.45) is 4.27. The van der Waals surface area contributed by atoms with Crippen LogP contribution in [0.1, 0.15) is 55.5 Å². The van der Waals surface area contributed by atoms with Crippen LogP contribution >= 0.6 is 0 Å². The molecule has 0 heterocycles. The maximum atomic E-state index is 13.4. The molecule has 1 unspecified atom stereocenters. The quantitative estimate of drug-likeness (QED) is 0.625. The summed E-state index contributed by atoms with van der Waals surface area (Å²) in [6, 6.07) is 4.08. The van der Waals surface area contributed by atoms with Gasteiger partial charge in [0.2, 0.25) is 0 Å². The molecule has 0 aliphatic rings. The Bertz CT molecular complexity index is 531. The zero-order valence-corrected chi connectivity index (χ0v) is 12.7. The normalized spacial score (nSPS) is 11.4. The largest absolute Gasteiger partial charge is 0.350 e. The second-order valence-corrected chi connectivity index (χ2v) is 5.07. The molecule has 1 aromatic carbocycles. The number of nitrogens with two attached hydrogens (primary N) is 1. The average molecular weight is 290 g/mol. The molecule has 0 aliphatic carbocycles. The van der Waals surface area contributed by atoms with Gasteiger partial charge in [-0.05, 0) is 31.5 Å². The SMILES string of the molecule is CCCCCC(C)NC(=O)c1cc(F)ccc1C#CCN. The van der Waals surface area contributed by atoms with Gasteiger partial charge in [-0.25, -0.2) is 4.39 Å². The first-order chi connectivity index (χ1) is 10.1. The lowest BCUT2D eigenvalue weighted by Gasteiger charge is -2.14. The maximum absolute atomic E-state index is 13.4. The van der Waals surface area contributed by atoms with E-state index in [1.807, 2.05) is 6.92 Å². The van der Waals surface area contributed by atoms with Crippen LogP contribution in [0.25, 0.3) is 0 Å². The van der Waals surface area contributed by atoms with E-state index in [1.54, 1.807) is 0 Å². The predicted molar refractivity (Wildman–Crippen MR) is 83.4 cm³/mol. The van der Waals surface area contributed by atoms with Gasteiger partial charge >= 0.3 is 0 Å². The molecular formula is C17H23FN2O. The molecule has 114 valence electrons. The van der Waals surface area contributed by atoms with Gasteiger partial charge in [0.25, 0.3) is 5.91 Å². The van der Waals surface area contributed by atoms with Crippen molar-refractivity contribution < 1.29 is 9.18 Å². The summed E-state index contributed by atoms with van der Waals surface area (Å²) < 4.78 is 13.4. The summed E-state index contributed by atoms with van der Waals surface area (Å²) in [7, 11) is 0. The molecule has 3 N–H and O–H groups in total. The Morgan fingerprint density at radius 1 is 1.43 bits per heavy atom. The maximum Gasteiger partial charge on any atom is 0.252 e. The molecule has 1 atom stereocenters. The van der Waals surface area contributed by atoms with E-state index >= 15 is 0 Å². The van der Waals surface area contributed by atoms with Crippen molar-refractivity contribution in [3.05, 3.63) is 35.1 Å². The summed E-state index contributed by atoms with van der Waals surface area (Å²) in [4.78, 5) is 12.2. The summed E-state index contributed by atoms with van der Waals surface area (Å²) in [5.41, 5.74) is 6.10. The summed E-state index contributed by atoms with van der Waals surface area (Å²) in [5, 5.41) is 2.89. The van der Waals surface area contributed by atoms with Crippen molar-refractivity contribution in [3.63, 3.8) is 0 Å². The van der Waals surface area contributed by atoms with Gasteiger partial charge < -0.3 is 11.1 Å². The molecular weight excluding hydrogens is 267 g/mol. The van der Waals surface area contributed by atoms with E-state index in [0.29, 0.717) is 5.56 Å². The molecule has 0 saturated heterocycles. The molecule has 0 fully saturated rings. The van der Waals surface area contributed by atoms with E-state index in [1.165, 1.54) is 18.2 Å². The van der Waals surface area contributed by atoms with Gasteiger partial charge in [-0.3, -0.25) is 4.79 Å². The number of amides is 1. The summed E-state index contributed by atoms with van der Waals surface area (Å²) >= 11 is 0. The fourth-order valence-electron chi connectivity index (χ4n) is 2.03. The molecule has 4 heteroatoms. The van der Waals surface area contributed by atoms with Crippen LogP contribution in [0.4, 0.5) is 4.39 Å². The minimum Gasteiger partial charge on any atom is -0.350 e. The molecule has 1 amide bonds. The van der Waals surface area contributed by atoms with E-state index in [9.17, 15) is 9.18 Å². The van der Waals surface area contributed by atoms with Crippen molar-refractivity contribution >= 4 is 5.91 Å². The van der Waals surface area contributed by atoms with Crippen LogP contribution in [0.2, 0.25) is 0 Å². The highest BCUT2D eigenvalue weighted by Gasteiger charge is 2.14. The monoisotopic (exact) mass is 290 g/mol. The first-order valence-corrected chi connectivity index (χ1v) is 7.37. The van der Waals surface area contributed by atoms with Gasteiger partial charge in [0.1, 0.15) is 5.82 Å². The van der Waals surface area contributed by atoms with Crippen molar-refractivity contribution in [3.8, 4) is 11.8 Å². The first-order valence-electron chi connectivity index (χ1n) is 7.37. The third kappa shape index (κ3) is 5.97. The van der Waals surface area contributed by atoms with Crippen molar-refractivity contribution in [2.45, 2.75) is 45.6 Å². The van der Waals surface area contributed by atoms with Gasteiger partial charge in [-0.2, -0.15) is 0 Å². The van der Waals surface area contributed by atoms with Crippen LogP contribution in [0.5, 0.6) is 0 Å². The minimum absolute atomic E-state index is 0.0580. The standard InChI is InChI=1S/C17H23FN2O/c1-3-4-5-7-13(2)20-17(21)16-12-15(18)10-9-14(16)8-6-11-19/h9-10,12-13H,3-5,7,11,19H2,1-2H3,(H,20,21). The van der Waals surface area contributed by atoms with Crippen molar-refractivity contribution in [2.24, 2.45) is 5.73 Å². The summed E-state index contributed by atoms with van der Waals surface area (Å²) in [5.74, 6) is 4.75. The van der Waals surface area contributed by atoms with Gasteiger partial charge in [0, 0.05) is 11.6 Å². The van der Waals surface area contributed by atoms with E-state index in [4.69, 9.17) is 5.73 Å². The molecule has 21 heavy (non-hydrogen) atoms. The molecule has 0 saturated carbocycles. The van der Waals surface area contributed by atoms with E-state index < -0.39 is 5.82 Å². The number of hydrogen-bond acceptors (Lipinski definition) is 2. The lowest BCUT2D eigenvalue weighted by Crippen LogP contribution is -2.33. The highest BCUT2D eigenvalue weighted by Crippen LogP contribution is 2.12. The third-order valence-corrected chi connectivity index (χ3v) is 3.17. The van der Waals surface area contributed by atoms with Gasteiger partial charge in [-0.1, -0.05) is 38.0 Å². The molecule has 1 rings (SSSR count). The number of unbranched alkanes of at least 4 members (excludes halogenated alkanes) is 2. The molecule has 0 bridgehead atoms. The van der Waals surface area contributed by atoms with Crippen molar-refractivity contribution in [2.75, 3.05) is 6.54 Å². The van der Waals surface area contributed by atoms with Crippen molar-refractivity contribution in [1.29, 1.82) is 0 Å². The zero-order chi connectivity index (χ0) is 15.7. The van der Waals surface area contributed by atoms with Crippen LogP contribution in [0.15, 0.2) is 18.2 Å². The Hall–Kier alpha value is -1.86. The Morgan fingerprint density at radius 3 is 2.86 bits per heavy atom. The van der Waals surface area contributed by atoms with Crippen LogP contribution in [0, 0.1) is 17.7 Å². The third-order valence-electron chi connectivity index (χ3n) is 3.17. The van der Waals surface area contributed by atoms with Gasteiger partial charge in [-0.15, -0.1) is 0 Å². The van der Waals surface area contributed by atoms with Crippen LogP contribution in [-0.2, 0) is 0 Å². The number of carbonyl (C=O) groups excluding carboxylic acids is 1. The van der Waals surface area contributed by atoms with Crippen LogP contribution in [0.3, 0.4) is 0 Å². The lowest BCUT2D eigenvalue weighted by atomic mass is 10.1. The molecule has 3 nitrogen and oxygen atoms in total. The van der Waals surface area contributed by atoms with E-state index in [2.05, 4.69) is 24.1 Å². The second-order valence-electron chi connectivity index (χ2n) is 5.07. The summed E-state index contributed by atoms with van der Waals surface area (Å²) in [6.45, 7) is 4.29. The number of nitrogens with one attached hydrogen (secondary N) is 1. The molecule has 0 aromatic heterocycles. The number of halogens is 1. The minimum atomic E-state index is -0.447. The first kappa shape index (κ1) is 17.2. The Balaban J connectivity index is 2.78. The fourth-order valence-corrected chi connectivity index (χ4v) is 2.03. The fraction of sp³-hybridized carbons (Fsp3) is 0.471. The molecule has 1 aromatic rings. The number of hydrogen-bond donors (Lipinski definition) is 2. The molecule has 0 radical (unpaired) electrons. The topological polar surface area (TPSA) is 55.1 Å².